The van der Waals surface area contributed by atoms with Crippen LogP contribution in [0.1, 0.15) is 62.5 Å². The van der Waals surface area contributed by atoms with Gasteiger partial charge >= 0.3 is 0 Å². The number of carbonyl (C=O) groups is 2. The lowest BCUT2D eigenvalue weighted by Gasteiger charge is -2.30. The van der Waals surface area contributed by atoms with Gasteiger partial charge in [0.2, 0.25) is 11.8 Å². The molecule has 242 valence electrons. The molecule has 0 aliphatic carbocycles. The third-order valence-corrected chi connectivity index (χ3v) is 11.1. The van der Waals surface area contributed by atoms with Crippen molar-refractivity contribution < 1.29 is 18.4 Å². The molecule has 4 N–H and O–H groups in total. The van der Waals surface area contributed by atoms with Crippen molar-refractivity contribution in [2.75, 3.05) is 13.1 Å². The van der Waals surface area contributed by atoms with Crippen LogP contribution < -0.4 is 11.5 Å². The number of rotatable bonds is 0. The van der Waals surface area contributed by atoms with E-state index >= 15 is 0 Å². The molecule has 2 aromatic carbocycles. The Morgan fingerprint density at radius 2 is 1.02 bits per heavy atom. The number of carbonyl (C=O) groups excluding carboxylic acids is 2. The van der Waals surface area contributed by atoms with Gasteiger partial charge in [-0.25, -0.2) is 8.78 Å². The Labute approximate surface area is 267 Å². The number of amides is 2. The molecule has 4 aliphatic heterocycles. The van der Waals surface area contributed by atoms with Gasteiger partial charge in [0, 0.05) is 49.0 Å². The maximum atomic E-state index is 14.8. The summed E-state index contributed by atoms with van der Waals surface area (Å²) in [5.41, 5.74) is 18.8. The van der Waals surface area contributed by atoms with Crippen LogP contribution in [0.15, 0.2) is 36.4 Å². The number of fused-ring (bicyclic) bond motifs is 8. The molecule has 2 amide bonds. The summed E-state index contributed by atoms with van der Waals surface area (Å²) in [5, 5.41) is 1.96. The topological polar surface area (TPSA) is 103 Å². The summed E-state index contributed by atoms with van der Waals surface area (Å²) < 4.78 is 34.1. The van der Waals surface area contributed by atoms with Gasteiger partial charge in [0.1, 0.15) is 11.6 Å². The summed E-state index contributed by atoms with van der Waals surface area (Å²) in [6.45, 7) is 2.56. The van der Waals surface area contributed by atoms with Crippen LogP contribution in [-0.4, -0.2) is 68.0 Å². The maximum Gasteiger partial charge on any atom is 0.239 e. The second kappa shape index (κ2) is 11.5. The Hall–Kier alpha value is -3.76. The zero-order valence-corrected chi connectivity index (χ0v) is 26.2. The number of aromatic nitrogens is 2. The molecule has 0 spiro atoms. The van der Waals surface area contributed by atoms with Crippen LogP contribution in [0.3, 0.4) is 0 Å². The van der Waals surface area contributed by atoms with Gasteiger partial charge in [0.15, 0.2) is 0 Å². The van der Waals surface area contributed by atoms with Crippen molar-refractivity contribution >= 4 is 33.6 Å². The first kappa shape index (κ1) is 29.6. The number of hydrogen-bond donors (Lipinski definition) is 2. The van der Waals surface area contributed by atoms with E-state index in [0.29, 0.717) is 51.9 Å². The molecule has 10 heteroatoms. The van der Waals surface area contributed by atoms with Crippen molar-refractivity contribution in [3.8, 4) is 11.4 Å². The average molecular weight is 629 g/mol. The van der Waals surface area contributed by atoms with Crippen LogP contribution in [0.25, 0.3) is 33.2 Å². The molecule has 6 heterocycles. The molecule has 0 bridgehead atoms. The van der Waals surface area contributed by atoms with E-state index in [1.165, 1.54) is 12.1 Å². The Bertz CT molecular complexity index is 1730. The van der Waals surface area contributed by atoms with Crippen molar-refractivity contribution in [1.29, 1.82) is 0 Å². The largest absolute Gasteiger partial charge is 0.338 e. The summed E-state index contributed by atoms with van der Waals surface area (Å²) in [5.74, 6) is -0.646. The second-order valence-electron chi connectivity index (χ2n) is 13.8. The minimum Gasteiger partial charge on any atom is -0.338 e. The first-order valence-corrected chi connectivity index (χ1v) is 17.0. The zero-order valence-electron chi connectivity index (χ0n) is 26.2. The fourth-order valence-corrected chi connectivity index (χ4v) is 8.96. The molecule has 8 rings (SSSR count). The zero-order chi connectivity index (χ0) is 31.7. The lowest BCUT2D eigenvalue weighted by molar-refractivity contribution is -0.134. The number of nitrogens with two attached hydrogens (primary N) is 2. The Morgan fingerprint density at radius 3 is 1.46 bits per heavy atom. The van der Waals surface area contributed by atoms with E-state index in [4.69, 9.17) is 11.5 Å². The van der Waals surface area contributed by atoms with Gasteiger partial charge in [-0.15, -0.1) is 0 Å². The summed E-state index contributed by atoms with van der Waals surface area (Å²) in [4.78, 5) is 31.4. The average Bonchev–Trinajstić information content (AvgIpc) is 3.83. The smallest absolute Gasteiger partial charge is 0.239 e. The molecule has 46 heavy (non-hydrogen) atoms. The highest BCUT2D eigenvalue weighted by Gasteiger charge is 2.38. The molecule has 0 unspecified atom stereocenters. The van der Waals surface area contributed by atoms with E-state index in [-0.39, 0.29) is 35.5 Å². The van der Waals surface area contributed by atoms with E-state index in [1.54, 1.807) is 12.1 Å². The monoisotopic (exact) mass is 628 g/mol. The van der Waals surface area contributed by atoms with Crippen molar-refractivity contribution in [3.63, 3.8) is 0 Å². The fourth-order valence-electron chi connectivity index (χ4n) is 8.96. The lowest BCUT2D eigenvalue weighted by atomic mass is 9.94. The van der Waals surface area contributed by atoms with Gasteiger partial charge in [-0.2, -0.15) is 0 Å². The Morgan fingerprint density at radius 1 is 0.587 bits per heavy atom. The Balaban J connectivity index is 1.35. The van der Waals surface area contributed by atoms with Crippen LogP contribution in [0.5, 0.6) is 0 Å². The highest BCUT2D eigenvalue weighted by molar-refractivity contribution is 5.98. The SMILES string of the molecule is N[C@H]1CCCC[C@H](N)C(=O)N2CCC[C@H]2Cc2c3n(c4cc(F)ccc24)CCn2c-3c(c3ccc(F)cc32)C[C@@H]2CCCN2C1=O. The van der Waals surface area contributed by atoms with Gasteiger partial charge < -0.3 is 30.4 Å². The van der Waals surface area contributed by atoms with Crippen LogP contribution in [0.4, 0.5) is 8.78 Å². The third kappa shape index (κ3) is 4.75. The predicted molar refractivity (Wildman–Crippen MR) is 174 cm³/mol. The van der Waals surface area contributed by atoms with Crippen LogP contribution in [0, 0.1) is 11.6 Å². The maximum absolute atomic E-state index is 14.8. The van der Waals surface area contributed by atoms with E-state index < -0.39 is 12.1 Å². The van der Waals surface area contributed by atoms with Crippen LogP contribution in [0.2, 0.25) is 0 Å². The fraction of sp³-hybridized carbons (Fsp3) is 0.500. The minimum absolute atomic E-state index is 0.0187. The summed E-state index contributed by atoms with van der Waals surface area (Å²) in [6, 6.07) is 8.75. The number of aryl methyl sites for hydroxylation is 2. The molecular formula is C36H42F2N6O2. The summed E-state index contributed by atoms with van der Waals surface area (Å²) in [7, 11) is 0. The van der Waals surface area contributed by atoms with Gasteiger partial charge in [-0.05, 0) is 98.9 Å². The van der Waals surface area contributed by atoms with Gasteiger partial charge in [0.05, 0.1) is 34.5 Å². The standard InChI is InChI=1S/C36H42F2N6O2/c37-21-9-11-25-27-19-23-5-3-13-41(23)35(45)29(39)7-1-2-8-30(40)36(46)42-14-4-6-24(42)20-28-26-12-10-22(38)18-32(26)44-16-15-43(31(25)17-21)33(27)34(28)44/h9-12,17-18,23-24,29-30H,1-8,13-16,19-20,39-40H2/t23-,24-,29-,30-/m0/s1. The molecule has 2 aromatic heterocycles. The first-order chi connectivity index (χ1) is 22.3. The molecule has 0 saturated carbocycles. The highest BCUT2D eigenvalue weighted by Crippen LogP contribution is 2.45. The van der Waals surface area contributed by atoms with Crippen molar-refractivity contribution in [3.05, 3.63) is 59.2 Å². The normalized spacial score (nSPS) is 25.9. The van der Waals surface area contributed by atoms with Crippen LogP contribution >= 0.6 is 0 Å². The molecule has 2 fully saturated rings. The van der Waals surface area contributed by atoms with E-state index in [2.05, 4.69) is 9.13 Å². The molecule has 4 aliphatic rings. The molecular weight excluding hydrogens is 586 g/mol. The van der Waals surface area contributed by atoms with Gasteiger partial charge in [-0.3, -0.25) is 9.59 Å². The highest BCUT2D eigenvalue weighted by atomic mass is 19.1. The van der Waals surface area contributed by atoms with Crippen molar-refractivity contribution in [1.82, 2.24) is 18.9 Å². The van der Waals surface area contributed by atoms with Crippen molar-refractivity contribution in [2.24, 2.45) is 11.5 Å². The lowest BCUT2D eigenvalue weighted by Crippen LogP contribution is -2.47. The predicted octanol–water partition coefficient (Wildman–Crippen LogP) is 4.85. The second-order valence-corrected chi connectivity index (χ2v) is 13.8. The molecule has 8 nitrogen and oxygen atoms in total. The molecule has 4 atom stereocenters. The van der Waals surface area contributed by atoms with Crippen molar-refractivity contribution in [2.45, 2.75) is 101 Å². The first-order valence-electron chi connectivity index (χ1n) is 17.0. The van der Waals surface area contributed by atoms with Gasteiger partial charge in [0.25, 0.3) is 0 Å². The van der Waals surface area contributed by atoms with E-state index in [0.717, 1.165) is 82.8 Å². The quantitative estimate of drug-likeness (QED) is 0.291. The Kier molecular flexibility index (Phi) is 7.40. The van der Waals surface area contributed by atoms with Gasteiger partial charge in [-0.1, -0.05) is 12.8 Å². The molecule has 0 radical (unpaired) electrons. The summed E-state index contributed by atoms with van der Waals surface area (Å²) in [6.07, 6.45) is 7.40. The number of hydrogen-bond acceptors (Lipinski definition) is 4. The third-order valence-electron chi connectivity index (χ3n) is 11.1. The number of halogens is 2. The number of nitrogens with zero attached hydrogens (tertiary/aromatic N) is 4. The van der Waals surface area contributed by atoms with Crippen LogP contribution in [-0.2, 0) is 35.5 Å². The van der Waals surface area contributed by atoms with E-state index in [1.807, 2.05) is 21.9 Å². The molecule has 4 aromatic rings. The summed E-state index contributed by atoms with van der Waals surface area (Å²) >= 11 is 0. The van der Waals surface area contributed by atoms with E-state index in [9.17, 15) is 18.4 Å². The number of benzene rings is 2. The minimum atomic E-state index is -0.604. The molecule has 2 saturated heterocycles.